The van der Waals surface area contributed by atoms with Crippen molar-refractivity contribution < 1.29 is 9.90 Å². The van der Waals surface area contributed by atoms with E-state index in [-0.39, 0.29) is 23.9 Å². The Morgan fingerprint density at radius 3 is 2.43 bits per heavy atom. The Bertz CT molecular complexity index is 1010. The summed E-state index contributed by atoms with van der Waals surface area (Å²) < 4.78 is 0. The van der Waals surface area contributed by atoms with E-state index in [0.29, 0.717) is 29.3 Å². The van der Waals surface area contributed by atoms with Gasteiger partial charge in [0.1, 0.15) is 0 Å². The number of carbonyl (C=O) groups excluding carboxylic acids is 1. The monoisotopic (exact) mass is 515 g/mol. The van der Waals surface area contributed by atoms with E-state index in [0.717, 1.165) is 30.4 Å². The van der Waals surface area contributed by atoms with Crippen molar-refractivity contribution in [2.45, 2.75) is 89.8 Å². The van der Waals surface area contributed by atoms with E-state index in [2.05, 4.69) is 31.4 Å². The SMILES string of the molecule is C=CC[C@@]1(C)C[C@H](c2cccc(Cl)c2)[C@@H](c2ccc(Cl)cc2)N([C@@H](CC)CCCC(C)(C)O)C1=O. The number of hydrogen-bond acceptors (Lipinski definition) is 2. The van der Waals surface area contributed by atoms with Gasteiger partial charge >= 0.3 is 0 Å². The van der Waals surface area contributed by atoms with E-state index < -0.39 is 11.0 Å². The summed E-state index contributed by atoms with van der Waals surface area (Å²) in [5, 5.41) is 11.6. The first-order valence-corrected chi connectivity index (χ1v) is 13.4. The molecule has 3 nitrogen and oxygen atoms in total. The van der Waals surface area contributed by atoms with Crippen LogP contribution in [0.15, 0.2) is 61.2 Å². The van der Waals surface area contributed by atoms with Crippen LogP contribution in [0.4, 0.5) is 0 Å². The van der Waals surface area contributed by atoms with E-state index in [1.165, 1.54) is 0 Å². The van der Waals surface area contributed by atoms with Gasteiger partial charge in [-0.25, -0.2) is 0 Å². The van der Waals surface area contributed by atoms with Crippen molar-refractivity contribution in [3.63, 3.8) is 0 Å². The Morgan fingerprint density at radius 1 is 1.17 bits per heavy atom. The number of rotatable bonds is 10. The quantitative estimate of drug-likeness (QED) is 0.322. The van der Waals surface area contributed by atoms with Crippen molar-refractivity contribution in [2.75, 3.05) is 0 Å². The Balaban J connectivity index is 2.13. The molecule has 1 saturated heterocycles. The molecular formula is C30H39Cl2NO2. The molecule has 0 saturated carbocycles. The van der Waals surface area contributed by atoms with Crippen LogP contribution in [-0.2, 0) is 4.79 Å². The standard InChI is InChI=1S/C30H39Cl2NO2/c1-6-17-30(5)20-26(22-10-8-11-24(32)19-22)27(21-13-15-23(31)16-14-21)33(28(30)34)25(7-2)12-9-18-29(3,4)35/h6,8,10-11,13-16,19,25-27,35H,1,7,9,12,17-18,20H2,2-5H3/t25-,26+,27+,30-/m0/s1. The molecule has 1 fully saturated rings. The molecule has 1 aliphatic rings. The van der Waals surface area contributed by atoms with Crippen LogP contribution in [0.1, 0.15) is 89.3 Å². The third-order valence-electron chi connectivity index (χ3n) is 7.38. The van der Waals surface area contributed by atoms with Gasteiger partial charge in [0.25, 0.3) is 0 Å². The van der Waals surface area contributed by atoms with E-state index >= 15 is 0 Å². The fraction of sp³-hybridized carbons (Fsp3) is 0.500. The van der Waals surface area contributed by atoms with Crippen LogP contribution in [0.2, 0.25) is 10.0 Å². The molecule has 4 atom stereocenters. The van der Waals surface area contributed by atoms with Crippen LogP contribution >= 0.6 is 23.2 Å². The van der Waals surface area contributed by atoms with Gasteiger partial charge < -0.3 is 10.0 Å². The van der Waals surface area contributed by atoms with Crippen molar-refractivity contribution in [1.82, 2.24) is 4.90 Å². The first-order valence-electron chi connectivity index (χ1n) is 12.7. The zero-order valence-corrected chi connectivity index (χ0v) is 22.9. The van der Waals surface area contributed by atoms with Crippen molar-refractivity contribution in [2.24, 2.45) is 5.41 Å². The lowest BCUT2D eigenvalue weighted by Gasteiger charge is -2.52. The number of amides is 1. The Morgan fingerprint density at radius 2 is 1.86 bits per heavy atom. The molecule has 0 spiro atoms. The maximum absolute atomic E-state index is 14.3. The van der Waals surface area contributed by atoms with Gasteiger partial charge in [-0.3, -0.25) is 4.79 Å². The predicted molar refractivity (Wildman–Crippen MR) is 147 cm³/mol. The third-order valence-corrected chi connectivity index (χ3v) is 7.86. The molecule has 1 aliphatic heterocycles. The lowest BCUT2D eigenvalue weighted by atomic mass is 9.67. The van der Waals surface area contributed by atoms with Crippen LogP contribution in [0.5, 0.6) is 0 Å². The number of likely N-dealkylation sites (tertiary alicyclic amines) is 1. The van der Waals surface area contributed by atoms with Gasteiger partial charge in [-0.15, -0.1) is 6.58 Å². The maximum Gasteiger partial charge on any atom is 0.229 e. The number of carbonyl (C=O) groups is 1. The number of hydrogen-bond donors (Lipinski definition) is 1. The summed E-state index contributed by atoms with van der Waals surface area (Å²) in [5.74, 6) is 0.242. The Labute approximate surface area is 221 Å². The summed E-state index contributed by atoms with van der Waals surface area (Å²) in [6.45, 7) is 11.9. The molecule has 2 aromatic rings. The second-order valence-electron chi connectivity index (χ2n) is 10.9. The molecule has 0 aromatic heterocycles. The minimum Gasteiger partial charge on any atom is -0.390 e. The summed E-state index contributed by atoms with van der Waals surface area (Å²) in [6.07, 6.45) is 6.41. The highest BCUT2D eigenvalue weighted by Gasteiger charge is 2.50. The van der Waals surface area contributed by atoms with Crippen molar-refractivity contribution in [1.29, 1.82) is 0 Å². The van der Waals surface area contributed by atoms with E-state index in [1.54, 1.807) is 0 Å². The maximum atomic E-state index is 14.3. The van der Waals surface area contributed by atoms with Crippen LogP contribution in [0.25, 0.3) is 0 Å². The highest BCUT2D eigenvalue weighted by Crippen LogP contribution is 2.52. The number of nitrogens with zero attached hydrogens (tertiary/aromatic N) is 1. The van der Waals surface area contributed by atoms with Gasteiger partial charge in [0.05, 0.1) is 17.1 Å². The highest BCUT2D eigenvalue weighted by molar-refractivity contribution is 6.30. The summed E-state index contributed by atoms with van der Waals surface area (Å²) in [4.78, 5) is 16.4. The smallest absolute Gasteiger partial charge is 0.229 e. The highest BCUT2D eigenvalue weighted by atomic mass is 35.5. The molecule has 1 amide bonds. The predicted octanol–water partition coefficient (Wildman–Crippen LogP) is 8.35. The molecule has 0 aliphatic carbocycles. The first-order chi connectivity index (χ1) is 16.5. The molecule has 190 valence electrons. The molecule has 35 heavy (non-hydrogen) atoms. The second-order valence-corrected chi connectivity index (χ2v) is 11.8. The molecule has 1 N–H and O–H groups in total. The zero-order chi connectivity index (χ0) is 25.8. The van der Waals surface area contributed by atoms with Crippen LogP contribution in [-0.4, -0.2) is 27.6 Å². The van der Waals surface area contributed by atoms with Crippen molar-refractivity contribution in [3.8, 4) is 0 Å². The lowest BCUT2D eigenvalue weighted by molar-refractivity contribution is -0.155. The number of allylic oxidation sites excluding steroid dienone is 1. The number of aliphatic hydroxyl groups is 1. The third kappa shape index (κ3) is 6.70. The molecule has 5 heteroatoms. The number of piperidine rings is 1. The summed E-state index contributed by atoms with van der Waals surface area (Å²) >= 11 is 12.7. The molecule has 0 radical (unpaired) electrons. The summed E-state index contributed by atoms with van der Waals surface area (Å²) in [5.41, 5.74) is 0.938. The lowest BCUT2D eigenvalue weighted by Crippen LogP contribution is -2.55. The molecule has 0 bridgehead atoms. The Kier molecular flexibility index (Phi) is 9.12. The van der Waals surface area contributed by atoms with Gasteiger partial charge in [0.2, 0.25) is 5.91 Å². The minimum absolute atomic E-state index is 0.0525. The second kappa shape index (κ2) is 11.5. The largest absolute Gasteiger partial charge is 0.390 e. The fourth-order valence-electron chi connectivity index (χ4n) is 5.60. The van der Waals surface area contributed by atoms with Crippen LogP contribution in [0, 0.1) is 5.41 Å². The normalized spacial score (nSPS) is 23.9. The van der Waals surface area contributed by atoms with E-state index in [4.69, 9.17) is 23.2 Å². The van der Waals surface area contributed by atoms with Gasteiger partial charge in [0, 0.05) is 22.0 Å². The van der Waals surface area contributed by atoms with Gasteiger partial charge in [-0.2, -0.15) is 0 Å². The average Bonchev–Trinajstić information content (AvgIpc) is 2.79. The van der Waals surface area contributed by atoms with Crippen molar-refractivity contribution in [3.05, 3.63) is 82.4 Å². The van der Waals surface area contributed by atoms with E-state index in [1.807, 2.05) is 62.4 Å². The minimum atomic E-state index is -0.722. The van der Waals surface area contributed by atoms with Crippen molar-refractivity contribution >= 4 is 29.1 Å². The topological polar surface area (TPSA) is 40.5 Å². The molecule has 1 heterocycles. The van der Waals surface area contributed by atoms with Crippen LogP contribution in [0.3, 0.4) is 0 Å². The first kappa shape index (κ1) is 27.8. The average molecular weight is 517 g/mol. The zero-order valence-electron chi connectivity index (χ0n) is 21.4. The fourth-order valence-corrected chi connectivity index (χ4v) is 5.92. The van der Waals surface area contributed by atoms with Crippen LogP contribution < -0.4 is 0 Å². The van der Waals surface area contributed by atoms with Gasteiger partial charge in [-0.05, 0) is 87.8 Å². The molecule has 3 rings (SSSR count). The molecule has 2 aromatic carbocycles. The number of halogens is 2. The summed E-state index contributed by atoms with van der Waals surface area (Å²) in [7, 11) is 0. The van der Waals surface area contributed by atoms with E-state index in [9.17, 15) is 9.90 Å². The Hall–Kier alpha value is -1.81. The summed E-state index contributed by atoms with van der Waals surface area (Å²) in [6, 6.07) is 15.9. The molecule has 0 unspecified atom stereocenters. The van der Waals surface area contributed by atoms with Gasteiger partial charge in [-0.1, -0.05) is 67.4 Å². The van der Waals surface area contributed by atoms with Gasteiger partial charge in [0.15, 0.2) is 0 Å². The number of benzene rings is 2. The molecular weight excluding hydrogens is 477 g/mol.